The summed E-state index contributed by atoms with van der Waals surface area (Å²) in [6, 6.07) is 0. The lowest BCUT2D eigenvalue weighted by molar-refractivity contribution is -0.140. The largest absolute Gasteiger partial charge is 0.515 e. The van der Waals surface area contributed by atoms with Crippen LogP contribution in [-0.4, -0.2) is 78.6 Å². The van der Waals surface area contributed by atoms with E-state index in [1.165, 1.54) is 7.11 Å². The normalized spacial score (nSPS) is 22.1. The Balaban J connectivity index is 1.80. The third-order valence-corrected chi connectivity index (χ3v) is 9.84. The summed E-state index contributed by atoms with van der Waals surface area (Å²) in [4.78, 5) is 53.9. The summed E-state index contributed by atoms with van der Waals surface area (Å²) in [5, 5.41) is 26.4. The van der Waals surface area contributed by atoms with Gasteiger partial charge in [0.05, 0.1) is 72.8 Å². The predicted molar refractivity (Wildman–Crippen MR) is 195 cm³/mol. The number of carbonyl (C=O) groups excluding carboxylic acids is 2. The van der Waals surface area contributed by atoms with E-state index in [1.54, 1.807) is 0 Å². The molecule has 13 nitrogen and oxygen atoms in total. The summed E-state index contributed by atoms with van der Waals surface area (Å²) in [6.45, 7) is 10.9. The fourth-order valence-electron chi connectivity index (χ4n) is 6.96. The van der Waals surface area contributed by atoms with Crippen LogP contribution in [0.1, 0.15) is 60.3 Å². The van der Waals surface area contributed by atoms with Crippen molar-refractivity contribution in [2.75, 3.05) is 33.4 Å². The minimum Gasteiger partial charge on any atom is -0.515 e. The van der Waals surface area contributed by atoms with Gasteiger partial charge in [-0.25, -0.2) is 15.0 Å². The van der Waals surface area contributed by atoms with E-state index in [-0.39, 0.29) is 49.8 Å². The van der Waals surface area contributed by atoms with Gasteiger partial charge in [-0.05, 0) is 74.1 Å². The van der Waals surface area contributed by atoms with Crippen LogP contribution in [0.15, 0.2) is 107 Å². The first-order chi connectivity index (χ1) is 24.4. The lowest BCUT2D eigenvalue weighted by Crippen LogP contribution is -2.33. The predicted octanol–water partition coefficient (Wildman–Crippen LogP) is 4.40. The number of carboxylic acid groups (broad SMARTS) is 1. The van der Waals surface area contributed by atoms with Crippen LogP contribution in [0, 0.1) is 11.8 Å². The smallest absolute Gasteiger partial charge is 0.310 e. The van der Waals surface area contributed by atoms with Gasteiger partial charge >= 0.3 is 11.9 Å². The molecule has 5 aliphatic heterocycles. The highest BCUT2D eigenvalue weighted by molar-refractivity contribution is 6.32. The second-order valence-electron chi connectivity index (χ2n) is 12.9. The third kappa shape index (κ3) is 7.49. The summed E-state index contributed by atoms with van der Waals surface area (Å²) in [7, 11) is 1.29. The zero-order chi connectivity index (χ0) is 37.0. The second-order valence-corrected chi connectivity index (χ2v) is 12.9. The maximum absolute atomic E-state index is 14.0. The van der Waals surface area contributed by atoms with Crippen molar-refractivity contribution in [3.05, 3.63) is 92.0 Å². The third-order valence-electron chi connectivity index (χ3n) is 9.84. The fraction of sp³-hybridized carbons (Fsp3) is 0.421. The fourth-order valence-corrected chi connectivity index (χ4v) is 6.96. The number of aliphatic hydroxyl groups is 1. The van der Waals surface area contributed by atoms with Crippen molar-refractivity contribution in [1.82, 2.24) is 10.6 Å². The van der Waals surface area contributed by atoms with Gasteiger partial charge in [0, 0.05) is 53.9 Å². The summed E-state index contributed by atoms with van der Waals surface area (Å²) in [5.74, 6) is -2.52. The van der Waals surface area contributed by atoms with Crippen LogP contribution in [0.25, 0.3) is 0 Å². The molecule has 51 heavy (non-hydrogen) atoms. The summed E-state index contributed by atoms with van der Waals surface area (Å²) < 4.78 is 10.6. The zero-order valence-corrected chi connectivity index (χ0v) is 30.0. The van der Waals surface area contributed by atoms with E-state index >= 15 is 0 Å². The van der Waals surface area contributed by atoms with Crippen LogP contribution in [0.4, 0.5) is 0 Å². The minimum atomic E-state index is -0.955. The van der Waals surface area contributed by atoms with Crippen molar-refractivity contribution >= 4 is 35.0 Å². The molecular weight excluding hydrogens is 652 g/mol. The number of aliphatic carboxylic acids is 1. The number of carboxylic acids is 1. The molecule has 2 atom stereocenters. The van der Waals surface area contributed by atoms with Crippen molar-refractivity contribution in [2.24, 2.45) is 32.5 Å². The number of nitrogens with one attached hydrogen (secondary N) is 2. The Labute approximate surface area is 297 Å². The van der Waals surface area contributed by atoms with E-state index in [0.717, 1.165) is 28.7 Å². The van der Waals surface area contributed by atoms with E-state index in [2.05, 4.69) is 10.6 Å². The summed E-state index contributed by atoms with van der Waals surface area (Å²) in [5.41, 5.74) is 14.8. The molecule has 5 aliphatic rings. The molecule has 270 valence electrons. The SMILES string of the molecule is CCC1=C(C)C2=CC3=NC(=C(C)C3=CO)C=C3NC(=C(CC(=O)OC)C4=NC(=CC1=N2)C(C)=C4C(=O)NCCOCCN)C(CCC(=O)O)C3C. The molecular formula is C38H46N6O7. The first kappa shape index (κ1) is 37.1. The first-order valence-electron chi connectivity index (χ1n) is 17.2. The van der Waals surface area contributed by atoms with Crippen molar-refractivity contribution in [1.29, 1.82) is 0 Å². The highest BCUT2D eigenvalue weighted by Crippen LogP contribution is 2.43. The number of nitrogens with two attached hydrogens (primary N) is 1. The quantitative estimate of drug-likeness (QED) is 0.111. The Morgan fingerprint density at radius 3 is 2.39 bits per heavy atom. The van der Waals surface area contributed by atoms with Crippen molar-refractivity contribution in [3.8, 4) is 0 Å². The number of esters is 1. The van der Waals surface area contributed by atoms with Crippen molar-refractivity contribution in [3.63, 3.8) is 0 Å². The Morgan fingerprint density at radius 2 is 1.73 bits per heavy atom. The number of rotatable bonds is 12. The molecule has 0 aromatic rings. The van der Waals surface area contributed by atoms with Crippen LogP contribution in [0.3, 0.4) is 0 Å². The van der Waals surface area contributed by atoms with Gasteiger partial charge < -0.3 is 36.1 Å². The lowest BCUT2D eigenvalue weighted by atomic mass is 9.84. The molecule has 0 saturated carbocycles. The van der Waals surface area contributed by atoms with Gasteiger partial charge in [0.15, 0.2) is 0 Å². The number of amides is 1. The monoisotopic (exact) mass is 698 g/mol. The summed E-state index contributed by atoms with van der Waals surface area (Å²) in [6.07, 6.45) is 7.22. The molecule has 5 rings (SSSR count). The molecule has 1 amide bonds. The molecule has 0 aromatic heterocycles. The van der Waals surface area contributed by atoms with E-state index in [1.807, 2.05) is 52.8 Å². The Morgan fingerprint density at radius 1 is 1.00 bits per heavy atom. The second kappa shape index (κ2) is 15.8. The molecule has 0 aromatic carbocycles. The van der Waals surface area contributed by atoms with Crippen LogP contribution < -0.4 is 16.4 Å². The van der Waals surface area contributed by atoms with E-state index in [0.29, 0.717) is 76.2 Å². The molecule has 2 unspecified atom stereocenters. The van der Waals surface area contributed by atoms with Gasteiger partial charge in [0.2, 0.25) is 0 Å². The molecule has 0 aliphatic carbocycles. The van der Waals surface area contributed by atoms with Crippen molar-refractivity contribution < 1.29 is 34.1 Å². The maximum atomic E-state index is 14.0. The number of fused-ring (bicyclic) bond motifs is 5. The molecule has 13 heteroatoms. The number of aliphatic imine (C=N–C) groups is 3. The standard InChI is InChI=1S/C38H46N6O7/c1-7-23-19(2)28-16-32-26(18-45)21(4)27(42-32)15-29-20(3)24(8-9-33(46)47)36(43-29)25(14-34(48)50-6)37-35(38(49)40-11-13-51-12-10-39)22(5)30(44-37)17-31(23)41-28/h15-18,20,24,43,45H,7-14,39H2,1-6H3,(H,40,49)(H,46,47). The zero-order valence-electron chi connectivity index (χ0n) is 30.0. The minimum absolute atomic E-state index is 0.123. The summed E-state index contributed by atoms with van der Waals surface area (Å²) >= 11 is 0. The number of hydrogen-bond acceptors (Lipinski definition) is 11. The number of aliphatic hydroxyl groups excluding tert-OH is 1. The Bertz CT molecular complexity index is 1900. The molecule has 5 heterocycles. The van der Waals surface area contributed by atoms with Gasteiger partial charge in [-0.3, -0.25) is 14.4 Å². The van der Waals surface area contributed by atoms with Crippen LogP contribution in [-0.2, 0) is 23.9 Å². The van der Waals surface area contributed by atoms with Gasteiger partial charge in [0.25, 0.3) is 5.91 Å². The average Bonchev–Trinajstić information content (AvgIpc) is 3.78. The topological polar surface area (TPSA) is 197 Å². The number of methoxy groups -OCH3 is 1. The van der Waals surface area contributed by atoms with Gasteiger partial charge in [-0.1, -0.05) is 13.8 Å². The lowest BCUT2D eigenvalue weighted by Gasteiger charge is -2.20. The van der Waals surface area contributed by atoms with E-state index < -0.39 is 17.8 Å². The maximum Gasteiger partial charge on any atom is 0.310 e. The molecule has 1 saturated heterocycles. The number of hydrogen-bond donors (Lipinski definition) is 5. The Hall–Kier alpha value is -5.14. The number of allylic oxidation sites excluding steroid dienone is 10. The number of ether oxygens (including phenoxy) is 2. The molecule has 8 bridgehead atoms. The highest BCUT2D eigenvalue weighted by Gasteiger charge is 2.40. The number of carbonyl (C=O) groups is 3. The molecule has 0 radical (unpaired) electrons. The van der Waals surface area contributed by atoms with Crippen LogP contribution in [0.2, 0.25) is 0 Å². The van der Waals surface area contributed by atoms with E-state index in [4.69, 9.17) is 30.2 Å². The number of nitrogens with zero attached hydrogens (tertiary/aromatic N) is 3. The molecule has 0 spiro atoms. The van der Waals surface area contributed by atoms with Crippen LogP contribution >= 0.6 is 0 Å². The van der Waals surface area contributed by atoms with Gasteiger partial charge in [-0.15, -0.1) is 0 Å². The first-order valence-corrected chi connectivity index (χ1v) is 17.2. The van der Waals surface area contributed by atoms with Gasteiger partial charge in [-0.2, -0.15) is 0 Å². The van der Waals surface area contributed by atoms with Crippen molar-refractivity contribution in [2.45, 2.75) is 60.3 Å². The highest BCUT2D eigenvalue weighted by atomic mass is 16.5. The van der Waals surface area contributed by atoms with Crippen LogP contribution in [0.5, 0.6) is 0 Å². The van der Waals surface area contributed by atoms with E-state index in [9.17, 15) is 24.6 Å². The van der Waals surface area contributed by atoms with Gasteiger partial charge in [0.1, 0.15) is 0 Å². The molecule has 1 fully saturated rings. The molecule has 6 N–H and O–H groups in total. The average molecular weight is 699 g/mol. The Kier molecular flexibility index (Phi) is 11.5.